The van der Waals surface area contributed by atoms with Crippen LogP contribution in [0.4, 0.5) is 0 Å². The van der Waals surface area contributed by atoms with Gasteiger partial charge in [-0.15, -0.1) is 11.8 Å². The number of thioether (sulfide) groups is 1. The quantitative estimate of drug-likeness (QED) is 0.276. The molecule has 0 saturated heterocycles. The van der Waals surface area contributed by atoms with E-state index >= 15 is 0 Å². The van der Waals surface area contributed by atoms with Crippen molar-refractivity contribution in [2.75, 3.05) is 12.4 Å². The molecule has 0 spiro atoms. The molecule has 0 fully saturated rings. The SMILES string of the molecule is CC(=O)OCCSc1cnc(Cl)nc1Cl. The summed E-state index contributed by atoms with van der Waals surface area (Å²) in [6, 6.07) is 0. The topological polar surface area (TPSA) is 52.1 Å². The molecule has 1 aromatic heterocycles. The zero-order valence-electron chi connectivity index (χ0n) is 7.87. The van der Waals surface area contributed by atoms with Crippen LogP contribution in [0.25, 0.3) is 0 Å². The number of carbonyl (C=O) groups excluding carboxylic acids is 1. The minimum absolute atomic E-state index is 0.115. The minimum atomic E-state index is -0.297. The Hall–Kier alpha value is -0.520. The van der Waals surface area contributed by atoms with Crippen LogP contribution in [0.3, 0.4) is 0 Å². The van der Waals surface area contributed by atoms with Gasteiger partial charge in [0.15, 0.2) is 0 Å². The van der Waals surface area contributed by atoms with Crippen LogP contribution >= 0.6 is 35.0 Å². The van der Waals surface area contributed by atoms with Gasteiger partial charge in [-0.05, 0) is 11.6 Å². The van der Waals surface area contributed by atoms with E-state index in [0.29, 0.717) is 22.4 Å². The van der Waals surface area contributed by atoms with Gasteiger partial charge in [0, 0.05) is 18.9 Å². The molecule has 7 heteroatoms. The van der Waals surface area contributed by atoms with E-state index in [2.05, 4.69) is 9.97 Å². The molecule has 1 aromatic rings. The number of carbonyl (C=O) groups is 1. The van der Waals surface area contributed by atoms with Gasteiger partial charge >= 0.3 is 5.97 Å². The van der Waals surface area contributed by atoms with Gasteiger partial charge in [-0.25, -0.2) is 9.97 Å². The van der Waals surface area contributed by atoms with Crippen molar-refractivity contribution in [3.63, 3.8) is 0 Å². The summed E-state index contributed by atoms with van der Waals surface area (Å²) in [6.45, 7) is 1.70. The Morgan fingerprint density at radius 3 is 2.93 bits per heavy atom. The Bertz CT molecular complexity index is 362. The van der Waals surface area contributed by atoms with Gasteiger partial charge in [0.2, 0.25) is 5.28 Å². The second kappa shape index (κ2) is 6.15. The number of aromatic nitrogens is 2. The summed E-state index contributed by atoms with van der Waals surface area (Å²) >= 11 is 12.7. The highest BCUT2D eigenvalue weighted by molar-refractivity contribution is 7.99. The van der Waals surface area contributed by atoms with Crippen LogP contribution in [-0.2, 0) is 9.53 Å². The maximum atomic E-state index is 10.5. The highest BCUT2D eigenvalue weighted by Gasteiger charge is 2.04. The summed E-state index contributed by atoms with van der Waals surface area (Å²) < 4.78 is 4.76. The van der Waals surface area contributed by atoms with E-state index in [0.717, 1.165) is 0 Å². The van der Waals surface area contributed by atoms with Crippen LogP contribution in [0.5, 0.6) is 0 Å². The van der Waals surface area contributed by atoms with Crippen molar-refractivity contribution in [2.24, 2.45) is 0 Å². The zero-order chi connectivity index (χ0) is 11.3. The highest BCUT2D eigenvalue weighted by Crippen LogP contribution is 2.25. The summed E-state index contributed by atoms with van der Waals surface area (Å²) in [7, 11) is 0. The molecule has 82 valence electrons. The highest BCUT2D eigenvalue weighted by atomic mass is 35.5. The summed E-state index contributed by atoms with van der Waals surface area (Å²) in [5.41, 5.74) is 0. The molecule has 0 bridgehead atoms. The fourth-order valence-electron chi connectivity index (χ4n) is 0.764. The van der Waals surface area contributed by atoms with Crippen LogP contribution in [0.2, 0.25) is 10.4 Å². The summed E-state index contributed by atoms with van der Waals surface area (Å²) in [5, 5.41) is 0.423. The molecule has 0 N–H and O–H groups in total. The molecule has 15 heavy (non-hydrogen) atoms. The van der Waals surface area contributed by atoms with Crippen LogP contribution in [0.15, 0.2) is 11.1 Å². The molecular weight excluding hydrogens is 259 g/mol. The molecule has 0 unspecified atom stereocenters. The predicted molar refractivity (Wildman–Crippen MR) is 59.4 cm³/mol. The van der Waals surface area contributed by atoms with Crippen molar-refractivity contribution in [1.82, 2.24) is 9.97 Å². The second-order valence-electron chi connectivity index (χ2n) is 2.48. The fourth-order valence-corrected chi connectivity index (χ4v) is 1.91. The molecular formula is C8H8Cl2N2O2S. The third kappa shape index (κ3) is 4.68. The Labute approximate surface area is 101 Å². The lowest BCUT2D eigenvalue weighted by atomic mass is 10.7. The van der Waals surface area contributed by atoms with E-state index in [-0.39, 0.29) is 11.3 Å². The van der Waals surface area contributed by atoms with Gasteiger partial charge in [0.1, 0.15) is 11.8 Å². The number of hydrogen-bond donors (Lipinski definition) is 0. The molecule has 0 saturated carbocycles. The number of halogens is 2. The summed E-state index contributed by atoms with van der Waals surface area (Å²) in [4.78, 5) is 18.8. The summed E-state index contributed by atoms with van der Waals surface area (Å²) in [5.74, 6) is 0.304. The smallest absolute Gasteiger partial charge is 0.302 e. The first-order valence-corrected chi connectivity index (χ1v) is 5.78. The van der Waals surface area contributed by atoms with E-state index in [1.165, 1.54) is 24.9 Å². The standard InChI is InChI=1S/C8H8Cl2N2O2S/c1-5(13)14-2-3-15-6-4-11-8(10)12-7(6)9/h4H,2-3H2,1H3. The second-order valence-corrected chi connectivity index (χ2v) is 4.32. The van der Waals surface area contributed by atoms with Crippen LogP contribution in [-0.4, -0.2) is 28.3 Å². The molecule has 0 aliphatic rings. The maximum Gasteiger partial charge on any atom is 0.302 e. The van der Waals surface area contributed by atoms with Gasteiger partial charge < -0.3 is 4.74 Å². The molecule has 4 nitrogen and oxygen atoms in total. The third-order valence-electron chi connectivity index (χ3n) is 1.33. The molecule has 1 rings (SSSR count). The van der Waals surface area contributed by atoms with Gasteiger partial charge in [-0.1, -0.05) is 11.6 Å². The molecule has 0 aliphatic heterocycles. The van der Waals surface area contributed by atoms with Gasteiger partial charge in [-0.2, -0.15) is 0 Å². The molecule has 0 aromatic carbocycles. The summed E-state index contributed by atoms with van der Waals surface area (Å²) in [6.07, 6.45) is 1.54. The van der Waals surface area contributed by atoms with Gasteiger partial charge in [0.05, 0.1) is 4.90 Å². The number of rotatable bonds is 4. The van der Waals surface area contributed by atoms with Gasteiger partial charge in [0.25, 0.3) is 0 Å². The minimum Gasteiger partial charge on any atom is -0.465 e. The van der Waals surface area contributed by atoms with E-state index in [9.17, 15) is 4.79 Å². The van der Waals surface area contributed by atoms with E-state index in [1.807, 2.05) is 0 Å². The average Bonchev–Trinajstić information content (AvgIpc) is 2.14. The lowest BCUT2D eigenvalue weighted by molar-refractivity contribution is -0.140. The van der Waals surface area contributed by atoms with Gasteiger partial charge in [-0.3, -0.25) is 4.79 Å². The van der Waals surface area contributed by atoms with E-state index in [4.69, 9.17) is 27.9 Å². The normalized spacial score (nSPS) is 10.1. The Balaban J connectivity index is 2.40. The fraction of sp³-hybridized carbons (Fsp3) is 0.375. The monoisotopic (exact) mass is 266 g/mol. The molecule has 0 radical (unpaired) electrons. The zero-order valence-corrected chi connectivity index (χ0v) is 10.2. The van der Waals surface area contributed by atoms with Crippen molar-refractivity contribution in [2.45, 2.75) is 11.8 Å². The Morgan fingerprint density at radius 2 is 2.33 bits per heavy atom. The molecule has 1 heterocycles. The van der Waals surface area contributed by atoms with Crippen molar-refractivity contribution >= 4 is 40.9 Å². The first kappa shape index (κ1) is 12.5. The Morgan fingerprint density at radius 1 is 1.60 bits per heavy atom. The lowest BCUT2D eigenvalue weighted by Gasteiger charge is -2.03. The largest absolute Gasteiger partial charge is 0.465 e. The van der Waals surface area contributed by atoms with Crippen LogP contribution in [0.1, 0.15) is 6.92 Å². The predicted octanol–water partition coefficient (Wildman–Crippen LogP) is 2.44. The third-order valence-corrected chi connectivity index (χ3v) is 2.89. The molecule has 0 amide bonds. The first-order chi connectivity index (χ1) is 7.09. The van der Waals surface area contributed by atoms with Crippen molar-refractivity contribution in [1.29, 1.82) is 0 Å². The molecule has 0 atom stereocenters. The van der Waals surface area contributed by atoms with Crippen molar-refractivity contribution < 1.29 is 9.53 Å². The van der Waals surface area contributed by atoms with E-state index in [1.54, 1.807) is 0 Å². The maximum absolute atomic E-state index is 10.5. The van der Waals surface area contributed by atoms with Crippen LogP contribution in [0, 0.1) is 0 Å². The molecule has 0 aliphatic carbocycles. The van der Waals surface area contributed by atoms with E-state index < -0.39 is 0 Å². The van der Waals surface area contributed by atoms with Crippen molar-refractivity contribution in [3.05, 3.63) is 16.6 Å². The first-order valence-electron chi connectivity index (χ1n) is 4.04. The number of esters is 1. The number of nitrogens with zero attached hydrogens (tertiary/aromatic N) is 2. The van der Waals surface area contributed by atoms with Crippen molar-refractivity contribution in [3.8, 4) is 0 Å². The number of ether oxygens (including phenoxy) is 1. The Kier molecular flexibility index (Phi) is 5.14. The van der Waals surface area contributed by atoms with Crippen LogP contribution < -0.4 is 0 Å². The lowest BCUT2D eigenvalue weighted by Crippen LogP contribution is -2.02. The average molecular weight is 267 g/mol. The number of hydrogen-bond acceptors (Lipinski definition) is 5.